The fourth-order valence-corrected chi connectivity index (χ4v) is 2.66. The zero-order chi connectivity index (χ0) is 16.1. The van der Waals surface area contributed by atoms with Gasteiger partial charge in [-0.1, -0.05) is 37.3 Å². The van der Waals surface area contributed by atoms with Crippen LogP contribution in [0.5, 0.6) is 0 Å². The van der Waals surface area contributed by atoms with E-state index < -0.39 is 6.10 Å². The van der Waals surface area contributed by atoms with Gasteiger partial charge in [-0.25, -0.2) is 0 Å². The van der Waals surface area contributed by atoms with Crippen LogP contribution in [0.15, 0.2) is 36.4 Å². The SMILES string of the molecule is CCc1cc(NC(=O)C2CN(Cc3ccccc3)CCO2)n[nH]1. The van der Waals surface area contributed by atoms with E-state index in [0.29, 0.717) is 19.0 Å². The summed E-state index contributed by atoms with van der Waals surface area (Å²) in [5.41, 5.74) is 2.24. The van der Waals surface area contributed by atoms with Crippen molar-refractivity contribution in [3.63, 3.8) is 0 Å². The van der Waals surface area contributed by atoms with Gasteiger partial charge in [-0.3, -0.25) is 14.8 Å². The zero-order valence-corrected chi connectivity index (χ0v) is 13.3. The first-order valence-electron chi connectivity index (χ1n) is 7.97. The first-order chi connectivity index (χ1) is 11.2. The lowest BCUT2D eigenvalue weighted by Gasteiger charge is -2.32. The van der Waals surface area contributed by atoms with E-state index >= 15 is 0 Å². The standard InChI is InChI=1S/C17H22N4O2/c1-2-14-10-16(20-19-14)18-17(22)15-12-21(8-9-23-15)11-13-6-4-3-5-7-13/h3-7,10,15H,2,8-9,11-12H2,1H3,(H2,18,19,20,22). The average Bonchev–Trinajstić information content (AvgIpc) is 3.03. The second-order valence-electron chi connectivity index (χ2n) is 5.70. The molecule has 2 aromatic rings. The summed E-state index contributed by atoms with van der Waals surface area (Å²) in [5, 5.41) is 9.79. The lowest BCUT2D eigenvalue weighted by molar-refractivity contribution is -0.133. The number of H-pyrrole nitrogens is 1. The van der Waals surface area contributed by atoms with E-state index in [1.54, 1.807) is 0 Å². The fraction of sp³-hybridized carbons (Fsp3) is 0.412. The monoisotopic (exact) mass is 314 g/mol. The summed E-state index contributed by atoms with van der Waals surface area (Å²) in [6.07, 6.45) is 0.391. The molecule has 0 spiro atoms. The molecule has 0 bridgehead atoms. The van der Waals surface area contributed by atoms with Crippen LogP contribution >= 0.6 is 0 Å². The molecule has 1 amide bonds. The first-order valence-corrected chi connectivity index (χ1v) is 7.97. The number of nitrogens with one attached hydrogen (secondary N) is 2. The molecule has 1 atom stereocenters. The minimum atomic E-state index is -0.464. The third-order valence-corrected chi connectivity index (χ3v) is 3.96. The van der Waals surface area contributed by atoms with Gasteiger partial charge >= 0.3 is 0 Å². The Balaban J connectivity index is 1.56. The molecule has 23 heavy (non-hydrogen) atoms. The summed E-state index contributed by atoms with van der Waals surface area (Å²) >= 11 is 0. The molecule has 1 unspecified atom stereocenters. The Kier molecular flexibility index (Phi) is 5.05. The largest absolute Gasteiger partial charge is 0.366 e. The van der Waals surface area contributed by atoms with Crippen molar-refractivity contribution in [2.24, 2.45) is 0 Å². The molecule has 2 heterocycles. The first kappa shape index (κ1) is 15.7. The van der Waals surface area contributed by atoms with Crippen LogP contribution < -0.4 is 5.32 Å². The number of benzene rings is 1. The summed E-state index contributed by atoms with van der Waals surface area (Å²) in [5.74, 6) is 0.410. The van der Waals surface area contributed by atoms with Crippen molar-refractivity contribution in [1.82, 2.24) is 15.1 Å². The molecule has 1 fully saturated rings. The maximum Gasteiger partial charge on any atom is 0.256 e. The van der Waals surface area contributed by atoms with Crippen LogP contribution in [0.25, 0.3) is 0 Å². The molecule has 6 heteroatoms. The normalized spacial score (nSPS) is 18.7. The molecule has 0 aliphatic carbocycles. The molecule has 1 saturated heterocycles. The van der Waals surface area contributed by atoms with E-state index in [1.807, 2.05) is 31.2 Å². The second-order valence-corrected chi connectivity index (χ2v) is 5.70. The van der Waals surface area contributed by atoms with Crippen LogP contribution in [0.4, 0.5) is 5.82 Å². The maximum atomic E-state index is 12.3. The van der Waals surface area contributed by atoms with Gasteiger partial charge in [0.1, 0.15) is 6.10 Å². The highest BCUT2D eigenvalue weighted by Crippen LogP contribution is 2.13. The molecule has 1 aliphatic rings. The van der Waals surface area contributed by atoms with Crippen molar-refractivity contribution in [1.29, 1.82) is 0 Å². The number of carbonyl (C=O) groups is 1. The number of nitrogens with zero attached hydrogens (tertiary/aromatic N) is 2. The number of hydrogen-bond donors (Lipinski definition) is 2. The molecular formula is C17H22N4O2. The molecular weight excluding hydrogens is 292 g/mol. The van der Waals surface area contributed by atoms with Crippen LogP contribution in [-0.2, 0) is 22.5 Å². The van der Waals surface area contributed by atoms with Crippen molar-refractivity contribution in [3.05, 3.63) is 47.7 Å². The minimum absolute atomic E-state index is 0.142. The van der Waals surface area contributed by atoms with Crippen LogP contribution in [0.2, 0.25) is 0 Å². The molecule has 1 aliphatic heterocycles. The molecule has 3 rings (SSSR count). The van der Waals surface area contributed by atoms with Gasteiger partial charge in [0, 0.05) is 31.4 Å². The van der Waals surface area contributed by atoms with Gasteiger partial charge in [0.15, 0.2) is 5.82 Å². The topological polar surface area (TPSA) is 70.2 Å². The van der Waals surface area contributed by atoms with Crippen molar-refractivity contribution in [2.45, 2.75) is 26.0 Å². The Morgan fingerprint density at radius 1 is 1.43 bits per heavy atom. The number of amides is 1. The van der Waals surface area contributed by atoms with Crippen molar-refractivity contribution >= 4 is 11.7 Å². The van der Waals surface area contributed by atoms with Gasteiger partial charge in [-0.05, 0) is 12.0 Å². The molecule has 6 nitrogen and oxygen atoms in total. The van der Waals surface area contributed by atoms with Crippen LogP contribution in [0.1, 0.15) is 18.2 Å². The Morgan fingerprint density at radius 2 is 2.26 bits per heavy atom. The zero-order valence-electron chi connectivity index (χ0n) is 13.3. The number of carbonyl (C=O) groups excluding carboxylic acids is 1. The van der Waals surface area contributed by atoms with Gasteiger partial charge in [0.05, 0.1) is 6.61 Å². The van der Waals surface area contributed by atoms with Crippen molar-refractivity contribution in [3.8, 4) is 0 Å². The van der Waals surface area contributed by atoms with E-state index in [4.69, 9.17) is 4.74 Å². The highest BCUT2D eigenvalue weighted by molar-refractivity contribution is 5.93. The Bertz CT molecular complexity index is 641. The molecule has 0 saturated carbocycles. The quantitative estimate of drug-likeness (QED) is 0.883. The number of ether oxygens (including phenoxy) is 1. The Labute approximate surface area is 135 Å². The number of morpholine rings is 1. The predicted octanol–water partition coefficient (Wildman–Crippen LogP) is 1.81. The highest BCUT2D eigenvalue weighted by atomic mass is 16.5. The Hall–Kier alpha value is -2.18. The molecule has 122 valence electrons. The van der Waals surface area contributed by atoms with E-state index in [0.717, 1.165) is 25.2 Å². The molecule has 1 aromatic heterocycles. The molecule has 0 radical (unpaired) electrons. The number of rotatable bonds is 5. The summed E-state index contributed by atoms with van der Waals surface area (Å²) in [4.78, 5) is 14.6. The van der Waals surface area contributed by atoms with Gasteiger partial charge in [-0.2, -0.15) is 5.10 Å². The predicted molar refractivity (Wildman–Crippen MR) is 88.1 cm³/mol. The summed E-state index contributed by atoms with van der Waals surface area (Å²) in [7, 11) is 0. The second kappa shape index (κ2) is 7.39. The van der Waals surface area contributed by atoms with E-state index in [-0.39, 0.29) is 5.91 Å². The third-order valence-electron chi connectivity index (χ3n) is 3.96. The number of aromatic nitrogens is 2. The van der Waals surface area contributed by atoms with Gasteiger partial charge in [-0.15, -0.1) is 0 Å². The van der Waals surface area contributed by atoms with Crippen molar-refractivity contribution < 1.29 is 9.53 Å². The Morgan fingerprint density at radius 3 is 3.00 bits per heavy atom. The maximum absolute atomic E-state index is 12.3. The van der Waals surface area contributed by atoms with Gasteiger partial charge in [0.25, 0.3) is 5.91 Å². The van der Waals surface area contributed by atoms with Gasteiger partial charge < -0.3 is 10.1 Å². The highest BCUT2D eigenvalue weighted by Gasteiger charge is 2.27. The lowest BCUT2D eigenvalue weighted by atomic mass is 10.2. The molecule has 2 N–H and O–H groups in total. The average molecular weight is 314 g/mol. The fourth-order valence-electron chi connectivity index (χ4n) is 2.66. The molecule has 1 aromatic carbocycles. The smallest absolute Gasteiger partial charge is 0.256 e. The summed E-state index contributed by atoms with van der Waals surface area (Å²) < 4.78 is 5.62. The third kappa shape index (κ3) is 4.18. The number of aryl methyl sites for hydroxylation is 1. The van der Waals surface area contributed by atoms with E-state index in [9.17, 15) is 4.79 Å². The van der Waals surface area contributed by atoms with Crippen LogP contribution in [-0.4, -0.2) is 46.8 Å². The lowest BCUT2D eigenvalue weighted by Crippen LogP contribution is -2.47. The van der Waals surface area contributed by atoms with E-state index in [2.05, 4.69) is 32.5 Å². The minimum Gasteiger partial charge on any atom is -0.366 e. The van der Waals surface area contributed by atoms with Crippen LogP contribution in [0.3, 0.4) is 0 Å². The number of aromatic amines is 1. The van der Waals surface area contributed by atoms with Crippen LogP contribution in [0, 0.1) is 0 Å². The number of anilines is 1. The van der Waals surface area contributed by atoms with Gasteiger partial charge in [0.2, 0.25) is 0 Å². The number of hydrogen-bond acceptors (Lipinski definition) is 4. The summed E-state index contributed by atoms with van der Waals surface area (Å²) in [6.45, 7) is 4.85. The van der Waals surface area contributed by atoms with E-state index in [1.165, 1.54) is 5.56 Å². The van der Waals surface area contributed by atoms with Crippen molar-refractivity contribution in [2.75, 3.05) is 25.0 Å². The summed E-state index contributed by atoms with van der Waals surface area (Å²) in [6, 6.07) is 12.1.